The lowest BCUT2D eigenvalue weighted by Crippen LogP contribution is -2.45. The van der Waals surface area contributed by atoms with E-state index in [2.05, 4.69) is 16.3 Å². The number of piperazine rings is 1. The fourth-order valence-corrected chi connectivity index (χ4v) is 2.92. The van der Waals surface area contributed by atoms with Crippen molar-refractivity contribution in [2.45, 2.75) is 12.5 Å². The Hall–Kier alpha value is -0.910. The number of nitro groups is 1. The van der Waals surface area contributed by atoms with Crippen LogP contribution < -0.4 is 5.32 Å². The van der Waals surface area contributed by atoms with Crippen LogP contribution in [0.15, 0.2) is 11.4 Å². The predicted molar refractivity (Wildman–Crippen MR) is 82.9 cm³/mol. The van der Waals surface area contributed by atoms with Gasteiger partial charge in [0.15, 0.2) is 0 Å². The van der Waals surface area contributed by atoms with Gasteiger partial charge in [-0.2, -0.15) is 5.26 Å². The number of nitriles is 1. The lowest BCUT2D eigenvalue weighted by molar-refractivity contribution is -0.380. The summed E-state index contributed by atoms with van der Waals surface area (Å²) in [6, 6.07) is 3.74. The van der Waals surface area contributed by atoms with Gasteiger partial charge in [-0.05, 0) is 5.56 Å². The van der Waals surface area contributed by atoms with Crippen LogP contribution in [-0.4, -0.2) is 36.0 Å². The van der Waals surface area contributed by atoms with E-state index in [0.717, 1.165) is 43.1 Å². The van der Waals surface area contributed by atoms with Crippen LogP contribution in [0.3, 0.4) is 0 Å². The summed E-state index contributed by atoms with van der Waals surface area (Å²) in [6.45, 7) is 3.54. The van der Waals surface area contributed by atoms with E-state index in [-0.39, 0.29) is 40.8 Å². The van der Waals surface area contributed by atoms with Crippen molar-refractivity contribution in [1.82, 2.24) is 10.2 Å². The standard InChI is InChI=1S/C11H14N4O2S.2ClH/c12-2-1-10(14-5-3-13-4-6-14)9-7-11(15(16)17)18-8-9;;/h7-8,10,13H,1,3-6H2;2*1H/t10-;;/m1../s1. The number of hydrogen-bond acceptors (Lipinski definition) is 6. The predicted octanol–water partition coefficient (Wildman–Crippen LogP) is 2.36. The highest BCUT2D eigenvalue weighted by Crippen LogP contribution is 2.31. The summed E-state index contributed by atoms with van der Waals surface area (Å²) < 4.78 is 0. The van der Waals surface area contributed by atoms with Crippen molar-refractivity contribution in [3.63, 3.8) is 0 Å². The quantitative estimate of drug-likeness (QED) is 0.673. The number of thiophene rings is 1. The average Bonchev–Trinajstić information content (AvgIpc) is 2.86. The Morgan fingerprint density at radius 3 is 2.65 bits per heavy atom. The van der Waals surface area contributed by atoms with Crippen LogP contribution in [0.4, 0.5) is 5.00 Å². The minimum Gasteiger partial charge on any atom is -0.314 e. The van der Waals surface area contributed by atoms with Crippen LogP contribution in [0.2, 0.25) is 0 Å². The van der Waals surface area contributed by atoms with Crippen LogP contribution in [0.5, 0.6) is 0 Å². The molecule has 0 saturated carbocycles. The zero-order chi connectivity index (χ0) is 13.0. The van der Waals surface area contributed by atoms with Crippen LogP contribution in [0.25, 0.3) is 0 Å². The van der Waals surface area contributed by atoms with E-state index in [0.29, 0.717) is 6.42 Å². The van der Waals surface area contributed by atoms with Crippen molar-refractivity contribution >= 4 is 41.2 Å². The molecule has 0 amide bonds. The van der Waals surface area contributed by atoms with Crippen molar-refractivity contribution in [3.8, 4) is 6.07 Å². The topological polar surface area (TPSA) is 82.2 Å². The van der Waals surface area contributed by atoms with Gasteiger partial charge in [0.1, 0.15) is 0 Å². The summed E-state index contributed by atoms with van der Waals surface area (Å²) in [7, 11) is 0. The van der Waals surface area contributed by atoms with E-state index >= 15 is 0 Å². The van der Waals surface area contributed by atoms with Crippen LogP contribution in [0.1, 0.15) is 18.0 Å². The van der Waals surface area contributed by atoms with Gasteiger partial charge in [-0.25, -0.2) is 0 Å². The van der Waals surface area contributed by atoms with Gasteiger partial charge in [0.25, 0.3) is 0 Å². The Kier molecular flexibility index (Phi) is 8.69. The largest absolute Gasteiger partial charge is 0.324 e. The molecular formula is C11H16Cl2N4O2S. The highest BCUT2D eigenvalue weighted by molar-refractivity contribution is 7.13. The first-order chi connectivity index (χ1) is 8.72. The van der Waals surface area contributed by atoms with Crippen LogP contribution >= 0.6 is 36.2 Å². The molecule has 1 aliphatic heterocycles. The first-order valence-electron chi connectivity index (χ1n) is 5.77. The van der Waals surface area contributed by atoms with E-state index in [1.165, 1.54) is 0 Å². The van der Waals surface area contributed by atoms with E-state index < -0.39 is 0 Å². The molecule has 6 nitrogen and oxygen atoms in total. The summed E-state index contributed by atoms with van der Waals surface area (Å²) >= 11 is 1.13. The van der Waals surface area contributed by atoms with Crippen molar-refractivity contribution in [2.75, 3.05) is 26.2 Å². The highest BCUT2D eigenvalue weighted by Gasteiger charge is 2.24. The van der Waals surface area contributed by atoms with Crippen LogP contribution in [0, 0.1) is 21.4 Å². The molecule has 9 heteroatoms. The number of nitrogens with one attached hydrogen (secondary N) is 1. The molecule has 0 unspecified atom stereocenters. The Morgan fingerprint density at radius 1 is 1.50 bits per heavy atom. The van der Waals surface area contributed by atoms with E-state index in [9.17, 15) is 10.1 Å². The van der Waals surface area contributed by atoms with Gasteiger partial charge in [-0.15, -0.1) is 24.8 Å². The molecule has 0 radical (unpaired) electrons. The van der Waals surface area contributed by atoms with E-state index in [4.69, 9.17) is 5.26 Å². The molecule has 20 heavy (non-hydrogen) atoms. The molecule has 0 aromatic carbocycles. The molecule has 1 atom stereocenters. The molecule has 112 valence electrons. The van der Waals surface area contributed by atoms with Gasteiger partial charge < -0.3 is 5.32 Å². The Balaban J connectivity index is 0.00000180. The zero-order valence-electron chi connectivity index (χ0n) is 10.7. The van der Waals surface area contributed by atoms with Gasteiger partial charge in [0.05, 0.1) is 17.4 Å². The normalized spacial score (nSPS) is 16.4. The number of halogens is 2. The van der Waals surface area contributed by atoms with Gasteiger partial charge in [0.2, 0.25) is 0 Å². The molecule has 1 aromatic heterocycles. The summed E-state index contributed by atoms with van der Waals surface area (Å²) in [5, 5.41) is 24.8. The summed E-state index contributed by atoms with van der Waals surface area (Å²) in [5.74, 6) is 0. The van der Waals surface area contributed by atoms with Gasteiger partial charge in [-0.3, -0.25) is 15.0 Å². The molecule has 2 heterocycles. The average molecular weight is 339 g/mol. The molecule has 1 saturated heterocycles. The Labute approximate surface area is 133 Å². The Morgan fingerprint density at radius 2 is 2.15 bits per heavy atom. The lowest BCUT2D eigenvalue weighted by atomic mass is 10.1. The van der Waals surface area contributed by atoms with Gasteiger partial charge in [0, 0.05) is 43.7 Å². The molecule has 1 aromatic rings. The molecule has 0 bridgehead atoms. The second kappa shape index (κ2) is 9.10. The SMILES string of the molecule is Cl.Cl.N#CC[C@H](c1csc([N+](=O)[O-])c1)N1CCNCC1. The summed E-state index contributed by atoms with van der Waals surface area (Å²) in [4.78, 5) is 12.5. The molecule has 1 N–H and O–H groups in total. The molecule has 1 aliphatic rings. The molecule has 0 aliphatic carbocycles. The fraction of sp³-hybridized carbons (Fsp3) is 0.545. The number of rotatable bonds is 4. The first kappa shape index (κ1) is 19.1. The second-order valence-electron chi connectivity index (χ2n) is 4.14. The number of nitrogens with zero attached hydrogens (tertiary/aromatic N) is 3. The third kappa shape index (κ3) is 4.58. The maximum Gasteiger partial charge on any atom is 0.324 e. The van der Waals surface area contributed by atoms with Gasteiger partial charge in [-0.1, -0.05) is 11.3 Å². The van der Waals surface area contributed by atoms with Crippen molar-refractivity contribution < 1.29 is 4.92 Å². The van der Waals surface area contributed by atoms with Crippen molar-refractivity contribution in [2.24, 2.45) is 0 Å². The van der Waals surface area contributed by atoms with Crippen molar-refractivity contribution in [1.29, 1.82) is 5.26 Å². The molecule has 2 rings (SSSR count). The first-order valence-corrected chi connectivity index (χ1v) is 6.65. The van der Waals surface area contributed by atoms with Crippen molar-refractivity contribution in [3.05, 3.63) is 27.1 Å². The zero-order valence-corrected chi connectivity index (χ0v) is 13.1. The minimum absolute atomic E-state index is 0. The Bertz CT molecular complexity index is 471. The third-order valence-electron chi connectivity index (χ3n) is 3.05. The minimum atomic E-state index is -0.380. The summed E-state index contributed by atoms with van der Waals surface area (Å²) in [5.41, 5.74) is 0.884. The molecule has 1 fully saturated rings. The molecule has 0 spiro atoms. The fourth-order valence-electron chi connectivity index (χ4n) is 2.15. The van der Waals surface area contributed by atoms with Crippen LogP contribution in [-0.2, 0) is 0 Å². The maximum absolute atomic E-state index is 10.7. The molecular weight excluding hydrogens is 323 g/mol. The number of hydrogen-bond donors (Lipinski definition) is 1. The smallest absolute Gasteiger partial charge is 0.314 e. The monoisotopic (exact) mass is 338 g/mol. The second-order valence-corrected chi connectivity index (χ2v) is 5.03. The third-order valence-corrected chi connectivity index (χ3v) is 3.95. The lowest BCUT2D eigenvalue weighted by Gasteiger charge is -2.33. The van der Waals surface area contributed by atoms with E-state index in [1.54, 1.807) is 11.4 Å². The van der Waals surface area contributed by atoms with E-state index in [1.807, 2.05) is 0 Å². The highest BCUT2D eigenvalue weighted by atomic mass is 35.5. The van der Waals surface area contributed by atoms with Gasteiger partial charge >= 0.3 is 5.00 Å². The summed E-state index contributed by atoms with van der Waals surface area (Å²) in [6.07, 6.45) is 0.369. The maximum atomic E-state index is 10.7.